The van der Waals surface area contributed by atoms with E-state index in [0.717, 1.165) is 24.3 Å². The Morgan fingerprint density at radius 3 is 2.25 bits per heavy atom. The number of rotatable bonds is 2. The first-order chi connectivity index (χ1) is 9.30. The number of halogens is 4. The summed E-state index contributed by atoms with van der Waals surface area (Å²) in [5.41, 5.74) is -2.00. The summed E-state index contributed by atoms with van der Waals surface area (Å²) in [5.74, 6) is -1.18. The zero-order chi connectivity index (χ0) is 14.9. The Morgan fingerprint density at radius 1 is 1.05 bits per heavy atom. The molecule has 0 atom stereocenters. The number of nitro groups is 1. The molecule has 0 unspecified atom stereocenters. The van der Waals surface area contributed by atoms with Crippen LogP contribution in [-0.4, -0.2) is 4.92 Å². The van der Waals surface area contributed by atoms with Crippen LogP contribution in [0.1, 0.15) is 5.56 Å². The Kier molecular flexibility index (Phi) is 3.44. The van der Waals surface area contributed by atoms with Gasteiger partial charge in [0.15, 0.2) is 0 Å². The third-order valence-electron chi connectivity index (χ3n) is 2.69. The zero-order valence-corrected chi connectivity index (χ0v) is 9.82. The van der Waals surface area contributed by atoms with E-state index in [1.54, 1.807) is 0 Å². The highest BCUT2D eigenvalue weighted by atomic mass is 19.4. The van der Waals surface area contributed by atoms with Gasteiger partial charge in [0, 0.05) is 6.07 Å². The van der Waals surface area contributed by atoms with Crippen molar-refractivity contribution in [3.63, 3.8) is 0 Å². The maximum atomic E-state index is 13.5. The molecule has 2 rings (SSSR count). The molecule has 0 aliphatic heterocycles. The molecule has 0 aliphatic rings. The van der Waals surface area contributed by atoms with Gasteiger partial charge in [-0.1, -0.05) is 18.2 Å². The second-order valence-electron chi connectivity index (χ2n) is 3.97. The number of benzene rings is 2. The maximum Gasteiger partial charge on any atom is 0.417 e. The summed E-state index contributed by atoms with van der Waals surface area (Å²) in [6, 6.07) is 7.31. The molecule has 2 aromatic rings. The van der Waals surface area contributed by atoms with Crippen molar-refractivity contribution < 1.29 is 22.5 Å². The Bertz CT molecular complexity index is 668. The summed E-state index contributed by atoms with van der Waals surface area (Å²) >= 11 is 0. The Balaban J connectivity index is 2.59. The van der Waals surface area contributed by atoms with Gasteiger partial charge in [-0.25, -0.2) is 0 Å². The number of nitro benzene ring substituents is 1. The molecule has 0 N–H and O–H groups in total. The number of nitrogens with zero attached hydrogens (tertiary/aromatic N) is 1. The molecule has 0 saturated carbocycles. The van der Waals surface area contributed by atoms with Crippen molar-refractivity contribution in [3.8, 4) is 11.1 Å². The second-order valence-corrected chi connectivity index (χ2v) is 3.97. The zero-order valence-electron chi connectivity index (χ0n) is 9.82. The van der Waals surface area contributed by atoms with Gasteiger partial charge >= 0.3 is 11.9 Å². The molecule has 3 nitrogen and oxygen atoms in total. The van der Waals surface area contributed by atoms with Crippen LogP contribution in [0.2, 0.25) is 0 Å². The lowest BCUT2D eigenvalue weighted by atomic mass is 9.99. The van der Waals surface area contributed by atoms with Crippen molar-refractivity contribution in [3.05, 3.63) is 64.0 Å². The van der Waals surface area contributed by atoms with Gasteiger partial charge in [0.05, 0.1) is 10.5 Å². The van der Waals surface area contributed by atoms with E-state index < -0.39 is 28.2 Å². The van der Waals surface area contributed by atoms with Crippen LogP contribution in [0.5, 0.6) is 0 Å². The van der Waals surface area contributed by atoms with E-state index in [2.05, 4.69) is 0 Å². The van der Waals surface area contributed by atoms with Crippen LogP contribution >= 0.6 is 0 Å². The molecule has 0 amide bonds. The average molecular weight is 285 g/mol. The van der Waals surface area contributed by atoms with E-state index in [4.69, 9.17) is 0 Å². The minimum atomic E-state index is -4.59. The van der Waals surface area contributed by atoms with Gasteiger partial charge < -0.3 is 0 Å². The molecular formula is C13H7F4NO2. The summed E-state index contributed by atoms with van der Waals surface area (Å²) < 4.78 is 52.0. The Morgan fingerprint density at radius 2 is 1.70 bits per heavy atom. The fourth-order valence-electron chi connectivity index (χ4n) is 1.80. The van der Waals surface area contributed by atoms with Gasteiger partial charge in [-0.05, 0) is 29.3 Å². The lowest BCUT2D eigenvalue weighted by Crippen LogP contribution is -2.07. The van der Waals surface area contributed by atoms with Crippen molar-refractivity contribution in [1.29, 1.82) is 0 Å². The van der Waals surface area contributed by atoms with Crippen molar-refractivity contribution in [2.75, 3.05) is 0 Å². The molecule has 0 aromatic heterocycles. The van der Waals surface area contributed by atoms with E-state index in [1.807, 2.05) is 0 Å². The van der Waals surface area contributed by atoms with Crippen LogP contribution in [-0.2, 0) is 6.18 Å². The van der Waals surface area contributed by atoms with E-state index in [1.165, 1.54) is 18.2 Å². The molecule has 0 fully saturated rings. The summed E-state index contributed by atoms with van der Waals surface area (Å²) in [4.78, 5) is 9.55. The fourth-order valence-corrected chi connectivity index (χ4v) is 1.80. The molecule has 0 aliphatic carbocycles. The minimum Gasteiger partial charge on any atom is -0.258 e. The topological polar surface area (TPSA) is 43.1 Å². The Hall–Kier alpha value is -2.44. The Labute approximate surface area is 110 Å². The molecule has 2 aromatic carbocycles. The molecule has 0 bridgehead atoms. The van der Waals surface area contributed by atoms with E-state index in [9.17, 15) is 27.7 Å². The minimum absolute atomic E-state index is 0.0685. The van der Waals surface area contributed by atoms with Crippen molar-refractivity contribution in [2.24, 2.45) is 0 Å². The fraction of sp³-hybridized carbons (Fsp3) is 0.0769. The summed E-state index contributed by atoms with van der Waals surface area (Å²) in [6.45, 7) is 0. The van der Waals surface area contributed by atoms with Crippen molar-refractivity contribution in [1.82, 2.24) is 0 Å². The molecule has 0 radical (unpaired) electrons. The lowest BCUT2D eigenvalue weighted by molar-refractivity contribution is -0.387. The van der Waals surface area contributed by atoms with E-state index in [-0.39, 0.29) is 11.1 Å². The third kappa shape index (κ3) is 2.61. The molecule has 0 spiro atoms. The molecule has 20 heavy (non-hydrogen) atoms. The highest BCUT2D eigenvalue weighted by molar-refractivity contribution is 5.69. The van der Waals surface area contributed by atoms with Crippen LogP contribution in [0.3, 0.4) is 0 Å². The van der Waals surface area contributed by atoms with Gasteiger partial charge in [-0.3, -0.25) is 10.1 Å². The number of hydrogen-bond donors (Lipinski definition) is 0. The van der Waals surface area contributed by atoms with Crippen LogP contribution in [0, 0.1) is 15.9 Å². The SMILES string of the molecule is O=[N+]([O-])c1ccc(-c2ccccc2C(F)(F)F)cc1F. The first-order valence-corrected chi connectivity index (χ1v) is 5.41. The van der Waals surface area contributed by atoms with Gasteiger partial charge in [-0.2, -0.15) is 17.6 Å². The van der Waals surface area contributed by atoms with Crippen molar-refractivity contribution in [2.45, 2.75) is 6.18 Å². The average Bonchev–Trinajstić information content (AvgIpc) is 2.37. The normalized spacial score (nSPS) is 11.4. The van der Waals surface area contributed by atoms with Crippen LogP contribution in [0.15, 0.2) is 42.5 Å². The molecule has 7 heteroatoms. The standard InChI is InChI=1S/C13H7F4NO2/c14-11-7-8(5-6-12(11)18(19)20)9-3-1-2-4-10(9)13(15,16)17/h1-7H. The number of alkyl halides is 3. The smallest absolute Gasteiger partial charge is 0.258 e. The summed E-state index contributed by atoms with van der Waals surface area (Å²) in [6.07, 6.45) is -4.59. The number of hydrogen-bond acceptors (Lipinski definition) is 2. The highest BCUT2D eigenvalue weighted by Gasteiger charge is 2.33. The summed E-state index contributed by atoms with van der Waals surface area (Å²) in [5, 5.41) is 10.5. The van der Waals surface area contributed by atoms with Gasteiger partial charge in [0.2, 0.25) is 5.82 Å². The van der Waals surface area contributed by atoms with Gasteiger partial charge in [0.25, 0.3) is 0 Å². The lowest BCUT2D eigenvalue weighted by Gasteiger charge is -2.12. The monoisotopic (exact) mass is 285 g/mol. The predicted octanol–water partition coefficient (Wildman–Crippen LogP) is 4.42. The second kappa shape index (κ2) is 4.92. The largest absolute Gasteiger partial charge is 0.417 e. The van der Waals surface area contributed by atoms with Crippen molar-refractivity contribution >= 4 is 5.69 Å². The van der Waals surface area contributed by atoms with Crippen LogP contribution in [0.25, 0.3) is 11.1 Å². The third-order valence-corrected chi connectivity index (χ3v) is 2.69. The van der Waals surface area contributed by atoms with E-state index >= 15 is 0 Å². The first-order valence-electron chi connectivity index (χ1n) is 5.41. The van der Waals surface area contributed by atoms with Crippen LogP contribution in [0.4, 0.5) is 23.2 Å². The molecule has 0 heterocycles. The first kappa shape index (κ1) is 14.0. The predicted molar refractivity (Wildman–Crippen MR) is 63.5 cm³/mol. The molecular weight excluding hydrogens is 278 g/mol. The molecule has 104 valence electrons. The highest BCUT2D eigenvalue weighted by Crippen LogP contribution is 2.37. The quantitative estimate of drug-likeness (QED) is 0.465. The van der Waals surface area contributed by atoms with Gasteiger partial charge in [-0.15, -0.1) is 0 Å². The van der Waals surface area contributed by atoms with Gasteiger partial charge in [0.1, 0.15) is 0 Å². The molecule has 0 saturated heterocycles. The summed E-state index contributed by atoms with van der Waals surface area (Å²) in [7, 11) is 0. The van der Waals surface area contributed by atoms with E-state index in [0.29, 0.717) is 0 Å². The maximum absolute atomic E-state index is 13.5. The van der Waals surface area contributed by atoms with Crippen LogP contribution < -0.4 is 0 Å².